The van der Waals surface area contributed by atoms with Gasteiger partial charge in [0.1, 0.15) is 0 Å². The third kappa shape index (κ3) is 5.64. The summed E-state index contributed by atoms with van der Waals surface area (Å²) in [4.78, 5) is 12.5. The molecule has 1 fully saturated rings. The van der Waals surface area contributed by atoms with Crippen molar-refractivity contribution in [2.45, 2.75) is 43.1 Å². The predicted molar refractivity (Wildman–Crippen MR) is 75.3 cm³/mol. The number of hydrogen-bond acceptors (Lipinski definition) is 7. The molecule has 0 bridgehead atoms. The minimum absolute atomic E-state index is 0.0124. The molecule has 0 radical (unpaired) electrons. The monoisotopic (exact) mass is 314 g/mol. The first kappa shape index (κ1) is 16.3. The Bertz CT molecular complexity index is 430. The number of esters is 1. The first-order valence-corrected chi connectivity index (χ1v) is 7.57. The maximum Gasteiger partial charge on any atom is 0.340 e. The van der Waals surface area contributed by atoms with Gasteiger partial charge in [0.2, 0.25) is 0 Å². The fourth-order valence-corrected chi connectivity index (χ4v) is 2.56. The molecular formula is C14H18O6S. The second-order valence-corrected chi connectivity index (χ2v) is 5.50. The average Bonchev–Trinajstić information content (AvgIpc) is 2.54. The number of benzene rings is 1. The summed E-state index contributed by atoms with van der Waals surface area (Å²) in [6.07, 6.45) is 5.90. The molecule has 0 heterocycles. The van der Waals surface area contributed by atoms with Crippen molar-refractivity contribution < 1.29 is 28.9 Å². The van der Waals surface area contributed by atoms with Crippen molar-refractivity contribution in [2.75, 3.05) is 6.79 Å². The van der Waals surface area contributed by atoms with Gasteiger partial charge in [0.15, 0.2) is 6.79 Å². The van der Waals surface area contributed by atoms with Crippen molar-refractivity contribution in [3.63, 3.8) is 0 Å². The van der Waals surface area contributed by atoms with Crippen LogP contribution in [-0.4, -0.2) is 24.1 Å². The van der Waals surface area contributed by atoms with E-state index in [-0.39, 0.29) is 12.9 Å². The van der Waals surface area contributed by atoms with Gasteiger partial charge in [-0.15, -0.1) is 4.33 Å². The van der Waals surface area contributed by atoms with E-state index in [0.29, 0.717) is 10.5 Å². The molecule has 21 heavy (non-hydrogen) atoms. The number of carbonyl (C=O) groups is 1. The minimum atomic E-state index is -0.429. The Labute approximate surface area is 127 Å². The van der Waals surface area contributed by atoms with E-state index in [9.17, 15) is 4.79 Å². The van der Waals surface area contributed by atoms with Gasteiger partial charge in [0.05, 0.1) is 23.7 Å². The first-order chi connectivity index (χ1) is 10.3. The van der Waals surface area contributed by atoms with Crippen molar-refractivity contribution in [2.24, 2.45) is 0 Å². The number of carbonyl (C=O) groups excluding carboxylic acids is 1. The highest BCUT2D eigenvalue weighted by molar-refractivity contribution is 7.94. The molecule has 0 atom stereocenters. The van der Waals surface area contributed by atoms with E-state index >= 15 is 0 Å². The molecule has 1 saturated carbocycles. The minimum Gasteiger partial charge on any atom is -0.435 e. The zero-order chi connectivity index (χ0) is 14.9. The summed E-state index contributed by atoms with van der Waals surface area (Å²) in [6.45, 7) is -0.0124. The van der Waals surface area contributed by atoms with Crippen LogP contribution in [0.15, 0.2) is 29.2 Å². The molecule has 1 aliphatic rings. The SMILES string of the molecule is O=C(OCOC1CCCCC1)c1ccc(SOOO)cc1. The predicted octanol–water partition coefficient (Wildman–Crippen LogP) is 3.58. The lowest BCUT2D eigenvalue weighted by molar-refractivity contribution is -0.432. The molecule has 116 valence electrons. The molecule has 0 saturated heterocycles. The lowest BCUT2D eigenvalue weighted by Gasteiger charge is -2.21. The highest BCUT2D eigenvalue weighted by atomic mass is 32.2. The van der Waals surface area contributed by atoms with Gasteiger partial charge in [0, 0.05) is 4.90 Å². The van der Waals surface area contributed by atoms with E-state index in [0.717, 1.165) is 24.9 Å². The van der Waals surface area contributed by atoms with Crippen LogP contribution < -0.4 is 0 Å². The number of rotatable bonds is 7. The topological polar surface area (TPSA) is 74.2 Å². The largest absolute Gasteiger partial charge is 0.435 e. The van der Waals surface area contributed by atoms with Gasteiger partial charge in [-0.25, -0.2) is 10.1 Å². The fourth-order valence-electron chi connectivity index (χ4n) is 2.20. The van der Waals surface area contributed by atoms with Crippen molar-refractivity contribution in [1.82, 2.24) is 0 Å². The van der Waals surface area contributed by atoms with Gasteiger partial charge >= 0.3 is 5.97 Å². The van der Waals surface area contributed by atoms with E-state index in [4.69, 9.17) is 14.7 Å². The molecule has 0 amide bonds. The molecule has 1 aliphatic carbocycles. The fraction of sp³-hybridized carbons (Fsp3) is 0.500. The van der Waals surface area contributed by atoms with Gasteiger partial charge in [-0.2, -0.15) is 0 Å². The van der Waals surface area contributed by atoms with Crippen LogP contribution in [0.4, 0.5) is 0 Å². The second kappa shape index (κ2) is 9.01. The summed E-state index contributed by atoms with van der Waals surface area (Å²) in [5.41, 5.74) is 0.427. The summed E-state index contributed by atoms with van der Waals surface area (Å²) < 4.78 is 14.9. The van der Waals surface area contributed by atoms with Crippen LogP contribution in [0.2, 0.25) is 0 Å². The lowest BCUT2D eigenvalue weighted by Crippen LogP contribution is -2.19. The number of hydrogen-bond donors (Lipinski definition) is 1. The summed E-state index contributed by atoms with van der Waals surface area (Å²) in [7, 11) is 0. The Morgan fingerprint density at radius 2 is 1.90 bits per heavy atom. The number of ether oxygens (including phenoxy) is 2. The second-order valence-electron chi connectivity index (χ2n) is 4.73. The molecule has 0 spiro atoms. The van der Waals surface area contributed by atoms with E-state index in [1.807, 2.05) is 0 Å². The first-order valence-electron chi connectivity index (χ1n) is 6.83. The van der Waals surface area contributed by atoms with Crippen LogP contribution in [-0.2, 0) is 18.8 Å². The van der Waals surface area contributed by atoms with Crippen molar-refractivity contribution in [1.29, 1.82) is 0 Å². The lowest BCUT2D eigenvalue weighted by atomic mass is 9.98. The highest BCUT2D eigenvalue weighted by Gasteiger charge is 2.14. The van der Waals surface area contributed by atoms with E-state index < -0.39 is 5.97 Å². The zero-order valence-electron chi connectivity index (χ0n) is 11.5. The maximum absolute atomic E-state index is 11.8. The molecule has 6 nitrogen and oxygen atoms in total. The zero-order valence-corrected chi connectivity index (χ0v) is 12.3. The Hall–Kier alpha value is -1.12. The third-order valence-corrected chi connectivity index (χ3v) is 3.89. The van der Waals surface area contributed by atoms with Gasteiger partial charge < -0.3 is 9.47 Å². The van der Waals surface area contributed by atoms with Crippen LogP contribution in [0.3, 0.4) is 0 Å². The third-order valence-electron chi connectivity index (χ3n) is 3.30. The summed E-state index contributed by atoms with van der Waals surface area (Å²) in [5, 5.41) is 11.5. The van der Waals surface area contributed by atoms with Crippen LogP contribution in [0.25, 0.3) is 0 Å². The van der Waals surface area contributed by atoms with Gasteiger partial charge in [0.25, 0.3) is 0 Å². The van der Waals surface area contributed by atoms with E-state index in [2.05, 4.69) is 9.37 Å². The van der Waals surface area contributed by atoms with E-state index in [1.54, 1.807) is 24.3 Å². The Kier molecular flexibility index (Phi) is 6.98. The molecule has 1 N–H and O–H groups in total. The Balaban J connectivity index is 1.72. The summed E-state index contributed by atoms with van der Waals surface area (Å²) >= 11 is 0.828. The van der Waals surface area contributed by atoms with Crippen molar-refractivity contribution in [3.8, 4) is 0 Å². The van der Waals surface area contributed by atoms with Crippen LogP contribution in [0.1, 0.15) is 42.5 Å². The molecule has 0 aromatic heterocycles. The van der Waals surface area contributed by atoms with Gasteiger partial charge in [-0.3, -0.25) is 0 Å². The normalized spacial score (nSPS) is 15.9. The molecular weight excluding hydrogens is 296 g/mol. The van der Waals surface area contributed by atoms with Crippen molar-refractivity contribution in [3.05, 3.63) is 29.8 Å². The smallest absolute Gasteiger partial charge is 0.340 e. The van der Waals surface area contributed by atoms with Crippen LogP contribution in [0, 0.1) is 0 Å². The summed E-state index contributed by atoms with van der Waals surface area (Å²) in [6, 6.07) is 6.52. The molecule has 0 aliphatic heterocycles. The average molecular weight is 314 g/mol. The van der Waals surface area contributed by atoms with Crippen LogP contribution >= 0.6 is 12.0 Å². The molecule has 1 aromatic carbocycles. The summed E-state index contributed by atoms with van der Waals surface area (Å²) in [5.74, 6) is -0.429. The quantitative estimate of drug-likeness (QED) is 0.271. The molecule has 7 heteroatoms. The Morgan fingerprint density at radius 3 is 2.57 bits per heavy atom. The Morgan fingerprint density at radius 1 is 1.19 bits per heavy atom. The standard InChI is InChI=1S/C14H18O6S/c15-14(18-10-17-12-4-2-1-3-5-12)11-6-8-13(9-7-11)21-20-19-16/h6-9,12,16H,1-5,10H2. The highest BCUT2D eigenvalue weighted by Crippen LogP contribution is 2.21. The maximum atomic E-state index is 11.8. The molecule has 0 unspecified atom stereocenters. The molecule has 2 rings (SSSR count). The molecule has 1 aromatic rings. The van der Waals surface area contributed by atoms with Crippen LogP contribution in [0.5, 0.6) is 0 Å². The van der Waals surface area contributed by atoms with Gasteiger partial charge in [-0.05, 0) is 37.1 Å². The van der Waals surface area contributed by atoms with Crippen molar-refractivity contribution >= 4 is 18.0 Å². The van der Waals surface area contributed by atoms with E-state index in [1.165, 1.54) is 19.3 Å². The van der Waals surface area contributed by atoms with Gasteiger partial charge in [-0.1, -0.05) is 24.3 Å².